The van der Waals surface area contributed by atoms with Crippen LogP contribution in [0.2, 0.25) is 4.34 Å². The van der Waals surface area contributed by atoms with E-state index in [1.807, 2.05) is 0 Å². The Balaban J connectivity index is 2.02. The Morgan fingerprint density at radius 1 is 1.32 bits per heavy atom. The average Bonchev–Trinajstić information content (AvgIpc) is 3.37. The SMILES string of the molecule is CCN(C(=O)c1cc(C(C=Nc2c(C(F)(F)F)c(C(F)(F)C(F)(F)F)nn2C)=CN)sc1Cl)C1(C#N)CC1. The summed E-state index contributed by atoms with van der Waals surface area (Å²) in [5.74, 6) is -7.83. The van der Waals surface area contributed by atoms with Gasteiger partial charge in [-0.15, -0.1) is 11.3 Å². The van der Waals surface area contributed by atoms with Crippen molar-refractivity contribution >= 4 is 46.5 Å². The topological polar surface area (TPSA) is 100 Å². The number of allylic oxidation sites excluding steroid dienone is 1. The number of carbonyl (C=O) groups is 1. The molecule has 2 N–H and O–H groups in total. The molecule has 0 aliphatic heterocycles. The molecule has 206 valence electrons. The van der Waals surface area contributed by atoms with Crippen LogP contribution in [-0.2, 0) is 19.1 Å². The van der Waals surface area contributed by atoms with Gasteiger partial charge in [0.2, 0.25) is 0 Å². The maximum Gasteiger partial charge on any atom is 0.459 e. The van der Waals surface area contributed by atoms with Crippen molar-refractivity contribution in [2.24, 2.45) is 17.8 Å². The Kier molecular flexibility index (Phi) is 7.61. The van der Waals surface area contributed by atoms with Gasteiger partial charge in [0.25, 0.3) is 5.91 Å². The zero-order chi connectivity index (χ0) is 28.8. The second-order valence-corrected chi connectivity index (χ2v) is 9.77. The molecule has 1 aliphatic carbocycles. The molecule has 0 saturated heterocycles. The zero-order valence-electron chi connectivity index (χ0n) is 19.4. The molecule has 17 heteroatoms. The van der Waals surface area contributed by atoms with Crippen molar-refractivity contribution in [1.82, 2.24) is 14.7 Å². The van der Waals surface area contributed by atoms with E-state index in [0.29, 0.717) is 26.1 Å². The fourth-order valence-electron chi connectivity index (χ4n) is 3.60. The smallest absolute Gasteiger partial charge is 0.404 e. The van der Waals surface area contributed by atoms with Crippen molar-refractivity contribution in [2.45, 2.75) is 43.6 Å². The first kappa shape index (κ1) is 29.4. The van der Waals surface area contributed by atoms with E-state index < -0.39 is 46.8 Å². The number of alkyl halides is 8. The highest BCUT2D eigenvalue weighted by molar-refractivity contribution is 7.18. The summed E-state index contributed by atoms with van der Waals surface area (Å²) >= 11 is 6.99. The van der Waals surface area contributed by atoms with Gasteiger partial charge < -0.3 is 10.6 Å². The number of aliphatic imine (C=N–C) groups is 1. The second-order valence-electron chi connectivity index (χ2n) is 8.11. The molecule has 1 saturated carbocycles. The molecule has 0 bridgehead atoms. The molecule has 0 aromatic carbocycles. The summed E-state index contributed by atoms with van der Waals surface area (Å²) in [7, 11) is 0.713. The van der Waals surface area contributed by atoms with Crippen molar-refractivity contribution in [1.29, 1.82) is 5.26 Å². The predicted octanol–water partition coefficient (Wildman–Crippen LogP) is 6.03. The highest BCUT2D eigenvalue weighted by Crippen LogP contribution is 2.50. The number of rotatable bonds is 7. The van der Waals surface area contributed by atoms with E-state index in [1.54, 1.807) is 6.92 Å². The lowest BCUT2D eigenvalue weighted by atomic mass is 10.1. The molecule has 38 heavy (non-hydrogen) atoms. The third kappa shape index (κ3) is 5.08. The van der Waals surface area contributed by atoms with Crippen molar-refractivity contribution in [3.05, 3.63) is 38.3 Å². The van der Waals surface area contributed by atoms with Crippen LogP contribution in [0.1, 0.15) is 46.3 Å². The first-order valence-electron chi connectivity index (χ1n) is 10.5. The number of nitrogens with two attached hydrogens (primary N) is 1. The Morgan fingerprint density at radius 3 is 2.37 bits per heavy atom. The van der Waals surface area contributed by atoms with E-state index in [2.05, 4.69) is 16.2 Å². The van der Waals surface area contributed by atoms with Crippen LogP contribution < -0.4 is 5.73 Å². The quantitative estimate of drug-likeness (QED) is 0.315. The molecule has 0 spiro atoms. The highest BCUT2D eigenvalue weighted by Gasteiger charge is 2.64. The molecule has 0 atom stereocenters. The fourth-order valence-corrected chi connectivity index (χ4v) is 4.85. The van der Waals surface area contributed by atoms with Gasteiger partial charge in [0.1, 0.15) is 15.4 Å². The number of hydrogen-bond donors (Lipinski definition) is 1. The van der Waals surface area contributed by atoms with Gasteiger partial charge in [-0.3, -0.25) is 4.79 Å². The summed E-state index contributed by atoms with van der Waals surface area (Å²) in [6.45, 7) is 1.86. The molecule has 0 radical (unpaired) electrons. The van der Waals surface area contributed by atoms with Crippen molar-refractivity contribution in [3.63, 3.8) is 0 Å². The maximum atomic E-state index is 13.9. The number of nitriles is 1. The van der Waals surface area contributed by atoms with Crippen molar-refractivity contribution in [2.75, 3.05) is 6.54 Å². The van der Waals surface area contributed by atoms with Crippen LogP contribution >= 0.6 is 22.9 Å². The summed E-state index contributed by atoms with van der Waals surface area (Å²) in [4.78, 5) is 18.0. The van der Waals surface area contributed by atoms with E-state index in [1.165, 1.54) is 11.0 Å². The molecule has 0 unspecified atom stereocenters. The number of carbonyl (C=O) groups excluding carboxylic acids is 1. The summed E-state index contributed by atoms with van der Waals surface area (Å²) in [6, 6.07) is 3.34. The van der Waals surface area contributed by atoms with E-state index in [0.717, 1.165) is 17.5 Å². The van der Waals surface area contributed by atoms with Gasteiger partial charge in [-0.05, 0) is 25.8 Å². The Labute approximate surface area is 218 Å². The molecule has 2 aromatic rings. The molecular formula is C21H17ClF8N6OS. The third-order valence-electron chi connectivity index (χ3n) is 5.67. The van der Waals surface area contributed by atoms with Gasteiger partial charge in [-0.1, -0.05) is 11.6 Å². The number of halogens is 9. The van der Waals surface area contributed by atoms with Gasteiger partial charge in [-0.25, -0.2) is 9.67 Å². The van der Waals surface area contributed by atoms with E-state index >= 15 is 0 Å². The summed E-state index contributed by atoms with van der Waals surface area (Å²) in [6.07, 6.45) is -9.53. The van der Waals surface area contributed by atoms with Gasteiger partial charge in [0.15, 0.2) is 11.5 Å². The molecule has 7 nitrogen and oxygen atoms in total. The van der Waals surface area contributed by atoms with Crippen molar-refractivity contribution in [3.8, 4) is 6.07 Å². The molecule has 2 heterocycles. The highest BCUT2D eigenvalue weighted by atomic mass is 35.5. The van der Waals surface area contributed by atoms with Gasteiger partial charge in [0, 0.05) is 36.5 Å². The summed E-state index contributed by atoms with van der Waals surface area (Å²) < 4.78 is 107. The monoisotopic (exact) mass is 588 g/mol. The molecule has 3 rings (SSSR count). The summed E-state index contributed by atoms with van der Waals surface area (Å²) in [5.41, 5.74) is -0.495. The average molecular weight is 589 g/mol. The number of nitrogens with zero attached hydrogens (tertiary/aromatic N) is 5. The minimum absolute atomic E-state index is 0.0218. The first-order valence-corrected chi connectivity index (χ1v) is 11.7. The normalized spacial score (nSPS) is 16.1. The van der Waals surface area contributed by atoms with Crippen LogP contribution in [0.4, 0.5) is 40.9 Å². The van der Waals surface area contributed by atoms with Crippen LogP contribution in [0, 0.1) is 11.3 Å². The van der Waals surface area contributed by atoms with Gasteiger partial charge in [0.05, 0.1) is 11.6 Å². The molecular weight excluding hydrogens is 572 g/mol. The fraction of sp³-hybridized carbons (Fsp3) is 0.429. The third-order valence-corrected chi connectivity index (χ3v) is 7.08. The second kappa shape index (κ2) is 9.84. The number of amides is 1. The van der Waals surface area contributed by atoms with Crippen LogP contribution in [-0.4, -0.2) is 45.1 Å². The van der Waals surface area contributed by atoms with Crippen LogP contribution in [0.5, 0.6) is 0 Å². The van der Waals surface area contributed by atoms with Crippen molar-refractivity contribution < 1.29 is 39.9 Å². The molecule has 2 aromatic heterocycles. The Morgan fingerprint density at radius 2 is 1.92 bits per heavy atom. The first-order chi connectivity index (χ1) is 17.4. The van der Waals surface area contributed by atoms with Crippen LogP contribution in [0.15, 0.2) is 17.3 Å². The standard InChI is InChI=1S/C21H17ClF8N6OS/c1-3-36(18(9-32)4-5-18)17(37)11-6-12(38-15(11)22)10(7-31)8-33-16-13(20(25,26)27)14(34-35(16)2)19(23,24)21(28,29)30/h6-8H,3-5,31H2,1-2H3. The van der Waals surface area contributed by atoms with E-state index in [4.69, 9.17) is 17.3 Å². The van der Waals surface area contributed by atoms with Crippen LogP contribution in [0.3, 0.4) is 0 Å². The molecule has 1 amide bonds. The lowest BCUT2D eigenvalue weighted by Crippen LogP contribution is -2.41. The lowest BCUT2D eigenvalue weighted by Gasteiger charge is -2.25. The summed E-state index contributed by atoms with van der Waals surface area (Å²) in [5, 5.41) is 12.2. The number of hydrogen-bond acceptors (Lipinski definition) is 6. The molecule has 1 aliphatic rings. The number of aromatic nitrogens is 2. The molecule has 1 fully saturated rings. The minimum Gasteiger partial charge on any atom is -0.404 e. The number of thiophene rings is 1. The largest absolute Gasteiger partial charge is 0.459 e. The van der Waals surface area contributed by atoms with E-state index in [-0.39, 0.29) is 31.6 Å². The Bertz CT molecular complexity index is 1350. The van der Waals surface area contributed by atoms with Gasteiger partial charge in [-0.2, -0.15) is 45.5 Å². The maximum absolute atomic E-state index is 13.9. The van der Waals surface area contributed by atoms with E-state index in [9.17, 15) is 45.2 Å². The zero-order valence-corrected chi connectivity index (χ0v) is 21.0. The minimum atomic E-state index is -6.35. The predicted molar refractivity (Wildman–Crippen MR) is 122 cm³/mol. The van der Waals surface area contributed by atoms with Gasteiger partial charge >= 0.3 is 18.3 Å². The lowest BCUT2D eigenvalue weighted by molar-refractivity contribution is -0.292. The Hall–Kier alpha value is -3.19. The van der Waals surface area contributed by atoms with Crippen LogP contribution in [0.25, 0.3) is 5.57 Å². The number of aryl methyl sites for hydroxylation is 1.